The van der Waals surface area contributed by atoms with Crippen LogP contribution in [0.5, 0.6) is 0 Å². The first-order valence-electron chi connectivity index (χ1n) is 6.38. The number of nitrogens with two attached hydrogens (primary N) is 1. The van der Waals surface area contributed by atoms with Crippen molar-refractivity contribution in [3.05, 3.63) is 53.1 Å². The third kappa shape index (κ3) is 2.46. The van der Waals surface area contributed by atoms with E-state index in [4.69, 9.17) is 17.3 Å². The average Bonchev–Trinajstić information content (AvgIpc) is 2.76. The summed E-state index contributed by atoms with van der Waals surface area (Å²) in [5.41, 5.74) is 8.18. The summed E-state index contributed by atoms with van der Waals surface area (Å²) in [4.78, 5) is 4.38. The van der Waals surface area contributed by atoms with Crippen molar-refractivity contribution < 1.29 is 9.50 Å². The summed E-state index contributed by atoms with van der Waals surface area (Å²) < 4.78 is 15.3. The standard InChI is InChI=1S/C15H13ClFN3O/c1-8(21)15-19-13-7-11(18)2-3-14(13)20(15)12-5-9(16)4-10(17)6-12/h2-8,21H,18H2,1H3. The molecule has 1 aromatic heterocycles. The minimum absolute atomic E-state index is 0.277. The highest BCUT2D eigenvalue weighted by atomic mass is 35.5. The number of rotatable bonds is 2. The molecule has 0 bridgehead atoms. The molecular formula is C15H13ClFN3O. The lowest BCUT2D eigenvalue weighted by Crippen LogP contribution is -2.05. The van der Waals surface area contributed by atoms with Crippen LogP contribution in [0.3, 0.4) is 0 Å². The number of hydrogen-bond donors (Lipinski definition) is 2. The fourth-order valence-electron chi connectivity index (χ4n) is 2.34. The van der Waals surface area contributed by atoms with Crippen LogP contribution < -0.4 is 5.73 Å². The Balaban J connectivity index is 2.36. The van der Waals surface area contributed by atoms with Gasteiger partial charge in [-0.25, -0.2) is 9.37 Å². The van der Waals surface area contributed by atoms with Crippen LogP contribution >= 0.6 is 11.6 Å². The monoisotopic (exact) mass is 305 g/mol. The molecule has 0 aliphatic heterocycles. The van der Waals surface area contributed by atoms with E-state index in [1.807, 2.05) is 0 Å². The first-order valence-corrected chi connectivity index (χ1v) is 6.76. The molecule has 0 amide bonds. The molecule has 3 N–H and O–H groups in total. The first kappa shape index (κ1) is 13.9. The van der Waals surface area contributed by atoms with Gasteiger partial charge in [0.1, 0.15) is 17.7 Å². The number of imidazole rings is 1. The number of nitrogens with zero attached hydrogens (tertiary/aromatic N) is 2. The summed E-state index contributed by atoms with van der Waals surface area (Å²) in [6.07, 6.45) is -0.819. The van der Waals surface area contributed by atoms with Gasteiger partial charge in [0.25, 0.3) is 0 Å². The number of aliphatic hydroxyl groups is 1. The van der Waals surface area contributed by atoms with Crippen molar-refractivity contribution in [1.82, 2.24) is 9.55 Å². The van der Waals surface area contributed by atoms with Gasteiger partial charge in [-0.3, -0.25) is 4.57 Å². The molecule has 21 heavy (non-hydrogen) atoms. The third-order valence-electron chi connectivity index (χ3n) is 3.18. The summed E-state index contributed by atoms with van der Waals surface area (Å²) in [6, 6.07) is 9.40. The number of benzene rings is 2. The second kappa shape index (κ2) is 5.02. The number of halogens is 2. The smallest absolute Gasteiger partial charge is 0.143 e. The summed E-state index contributed by atoms with van der Waals surface area (Å²) >= 11 is 5.92. The molecular weight excluding hydrogens is 293 g/mol. The van der Waals surface area contributed by atoms with Crippen molar-refractivity contribution in [3.63, 3.8) is 0 Å². The highest BCUT2D eigenvalue weighted by Crippen LogP contribution is 2.28. The maximum Gasteiger partial charge on any atom is 0.143 e. The molecule has 3 rings (SSSR count). The van der Waals surface area contributed by atoms with Gasteiger partial charge < -0.3 is 10.8 Å². The molecule has 1 heterocycles. The number of aromatic nitrogens is 2. The Kier molecular flexibility index (Phi) is 3.31. The molecule has 1 atom stereocenters. The van der Waals surface area contributed by atoms with E-state index in [0.29, 0.717) is 22.7 Å². The summed E-state index contributed by atoms with van der Waals surface area (Å²) in [5.74, 6) is -0.0522. The molecule has 0 aliphatic rings. The van der Waals surface area contributed by atoms with Gasteiger partial charge in [-0.15, -0.1) is 0 Å². The lowest BCUT2D eigenvalue weighted by atomic mass is 10.2. The van der Waals surface area contributed by atoms with Gasteiger partial charge in [0.05, 0.1) is 16.7 Å². The molecule has 0 aliphatic carbocycles. The van der Waals surface area contributed by atoms with Crippen molar-refractivity contribution in [3.8, 4) is 5.69 Å². The molecule has 0 spiro atoms. The van der Waals surface area contributed by atoms with Crippen LogP contribution in [0.25, 0.3) is 16.7 Å². The first-order chi connectivity index (χ1) is 9.95. The third-order valence-corrected chi connectivity index (χ3v) is 3.40. The number of fused-ring (bicyclic) bond motifs is 1. The molecule has 1 unspecified atom stereocenters. The zero-order valence-corrected chi connectivity index (χ0v) is 12.0. The molecule has 0 radical (unpaired) electrons. The van der Waals surface area contributed by atoms with Crippen LogP contribution in [0.2, 0.25) is 5.02 Å². The van der Waals surface area contributed by atoms with Crippen molar-refractivity contribution in [1.29, 1.82) is 0 Å². The fraction of sp³-hybridized carbons (Fsp3) is 0.133. The maximum absolute atomic E-state index is 13.6. The second-order valence-electron chi connectivity index (χ2n) is 4.86. The summed E-state index contributed by atoms with van der Waals surface area (Å²) in [7, 11) is 0. The molecule has 6 heteroatoms. The van der Waals surface area contributed by atoms with E-state index in [-0.39, 0.29) is 5.02 Å². The molecule has 2 aromatic carbocycles. The molecule has 0 fully saturated rings. The van der Waals surface area contributed by atoms with E-state index in [0.717, 1.165) is 5.52 Å². The van der Waals surface area contributed by atoms with Crippen LogP contribution in [-0.2, 0) is 0 Å². The van der Waals surface area contributed by atoms with E-state index in [1.165, 1.54) is 12.1 Å². The molecule has 0 saturated heterocycles. The van der Waals surface area contributed by atoms with E-state index < -0.39 is 11.9 Å². The predicted octanol–water partition coefficient (Wildman–Crippen LogP) is 3.45. The Morgan fingerprint density at radius 2 is 2.05 bits per heavy atom. The van der Waals surface area contributed by atoms with Crippen LogP contribution in [0.4, 0.5) is 10.1 Å². The number of aliphatic hydroxyl groups excluding tert-OH is 1. The van der Waals surface area contributed by atoms with Crippen molar-refractivity contribution in [2.75, 3.05) is 5.73 Å². The van der Waals surface area contributed by atoms with Gasteiger partial charge in [-0.05, 0) is 43.3 Å². The predicted molar refractivity (Wildman–Crippen MR) is 81.1 cm³/mol. The van der Waals surface area contributed by atoms with Gasteiger partial charge in [-0.1, -0.05) is 11.6 Å². The van der Waals surface area contributed by atoms with E-state index in [9.17, 15) is 9.50 Å². The quantitative estimate of drug-likeness (QED) is 0.713. The highest BCUT2D eigenvalue weighted by Gasteiger charge is 2.17. The highest BCUT2D eigenvalue weighted by molar-refractivity contribution is 6.30. The van der Waals surface area contributed by atoms with Gasteiger partial charge in [0.15, 0.2) is 0 Å². The number of anilines is 1. The Labute approximate surface area is 125 Å². The van der Waals surface area contributed by atoms with Gasteiger partial charge in [-0.2, -0.15) is 0 Å². The van der Waals surface area contributed by atoms with Crippen LogP contribution in [0.1, 0.15) is 18.9 Å². The van der Waals surface area contributed by atoms with Crippen molar-refractivity contribution in [2.24, 2.45) is 0 Å². The van der Waals surface area contributed by atoms with Crippen molar-refractivity contribution >= 4 is 28.3 Å². The Morgan fingerprint density at radius 1 is 1.29 bits per heavy atom. The number of nitrogen functional groups attached to an aromatic ring is 1. The summed E-state index contributed by atoms with van der Waals surface area (Å²) in [6.45, 7) is 1.60. The van der Waals surface area contributed by atoms with Gasteiger partial charge >= 0.3 is 0 Å². The summed E-state index contributed by atoms with van der Waals surface area (Å²) in [5, 5.41) is 10.2. The van der Waals surface area contributed by atoms with Gasteiger partial charge in [0.2, 0.25) is 0 Å². The zero-order valence-electron chi connectivity index (χ0n) is 11.2. The molecule has 4 nitrogen and oxygen atoms in total. The molecule has 3 aromatic rings. The zero-order chi connectivity index (χ0) is 15.1. The second-order valence-corrected chi connectivity index (χ2v) is 5.29. The van der Waals surface area contributed by atoms with Crippen LogP contribution in [0.15, 0.2) is 36.4 Å². The Morgan fingerprint density at radius 3 is 2.71 bits per heavy atom. The Hall–Kier alpha value is -2.11. The topological polar surface area (TPSA) is 64.1 Å². The maximum atomic E-state index is 13.6. The van der Waals surface area contributed by atoms with Gasteiger partial charge in [0, 0.05) is 10.7 Å². The lowest BCUT2D eigenvalue weighted by molar-refractivity contribution is 0.187. The average molecular weight is 306 g/mol. The minimum Gasteiger partial charge on any atom is -0.399 e. The lowest BCUT2D eigenvalue weighted by Gasteiger charge is -2.11. The van der Waals surface area contributed by atoms with E-state index in [1.54, 1.807) is 35.8 Å². The van der Waals surface area contributed by atoms with Crippen LogP contribution in [0, 0.1) is 5.82 Å². The normalized spacial score (nSPS) is 12.8. The Bertz CT molecular complexity index is 809. The van der Waals surface area contributed by atoms with Crippen LogP contribution in [-0.4, -0.2) is 14.7 Å². The molecule has 0 saturated carbocycles. The number of hydrogen-bond acceptors (Lipinski definition) is 3. The minimum atomic E-state index is -0.819. The van der Waals surface area contributed by atoms with Crippen molar-refractivity contribution in [2.45, 2.75) is 13.0 Å². The van der Waals surface area contributed by atoms with E-state index >= 15 is 0 Å². The fourth-order valence-corrected chi connectivity index (χ4v) is 2.55. The molecule has 108 valence electrons. The van der Waals surface area contributed by atoms with E-state index in [2.05, 4.69) is 4.98 Å². The SMILES string of the molecule is CC(O)c1nc2cc(N)ccc2n1-c1cc(F)cc(Cl)c1. The largest absolute Gasteiger partial charge is 0.399 e.